The molecule has 7 heteroatoms. The lowest BCUT2D eigenvalue weighted by molar-refractivity contribution is -0.127. The first-order chi connectivity index (χ1) is 15.0. The number of para-hydroxylation sites is 1. The van der Waals surface area contributed by atoms with Crippen molar-refractivity contribution < 1.29 is 19.1 Å². The summed E-state index contributed by atoms with van der Waals surface area (Å²) in [6.07, 6.45) is 5.12. The molecule has 0 spiro atoms. The zero-order valence-electron chi connectivity index (χ0n) is 18.2. The summed E-state index contributed by atoms with van der Waals surface area (Å²) in [4.78, 5) is 26.7. The van der Waals surface area contributed by atoms with E-state index in [1.165, 1.54) is 0 Å². The normalized spacial score (nSPS) is 11.0. The molecule has 2 aromatic carbocycles. The monoisotopic (exact) mass is 425 g/mol. The van der Waals surface area contributed by atoms with E-state index in [-0.39, 0.29) is 6.42 Å². The SMILES string of the molecule is CN(C)CCCOc1ccc(C(=O)N(N)C(=O)CC=CCCOc2ccccc2)cc1. The van der Waals surface area contributed by atoms with Gasteiger partial charge in [0, 0.05) is 18.5 Å². The quantitative estimate of drug-likeness (QED) is 0.185. The highest BCUT2D eigenvalue weighted by molar-refractivity contribution is 6.04. The lowest BCUT2D eigenvalue weighted by Gasteiger charge is -2.14. The molecule has 0 fully saturated rings. The summed E-state index contributed by atoms with van der Waals surface area (Å²) in [5.41, 5.74) is 0.330. The van der Waals surface area contributed by atoms with Crippen molar-refractivity contribution in [2.24, 2.45) is 5.84 Å². The molecule has 166 valence electrons. The van der Waals surface area contributed by atoms with E-state index in [0.717, 1.165) is 18.7 Å². The van der Waals surface area contributed by atoms with Gasteiger partial charge in [0.25, 0.3) is 5.91 Å². The van der Waals surface area contributed by atoms with E-state index in [4.69, 9.17) is 15.3 Å². The number of carbonyl (C=O) groups is 2. The second kappa shape index (κ2) is 13.2. The number of rotatable bonds is 12. The molecule has 0 aliphatic rings. The molecule has 0 aromatic heterocycles. The summed E-state index contributed by atoms with van der Waals surface area (Å²) in [6, 6.07) is 16.1. The first-order valence-electron chi connectivity index (χ1n) is 10.3. The first kappa shape index (κ1) is 24.1. The number of ether oxygens (including phenoxy) is 2. The van der Waals surface area contributed by atoms with Gasteiger partial charge in [-0.25, -0.2) is 10.9 Å². The van der Waals surface area contributed by atoms with Crippen molar-refractivity contribution >= 4 is 11.8 Å². The Morgan fingerprint density at radius 1 is 0.903 bits per heavy atom. The molecule has 0 unspecified atom stereocenters. The van der Waals surface area contributed by atoms with E-state index in [1.54, 1.807) is 30.3 Å². The Hall–Kier alpha value is -3.16. The Balaban J connectivity index is 1.71. The van der Waals surface area contributed by atoms with E-state index in [2.05, 4.69) is 4.90 Å². The third kappa shape index (κ3) is 9.02. The molecule has 0 heterocycles. The maximum absolute atomic E-state index is 12.4. The number of carbonyl (C=O) groups excluding carboxylic acids is 2. The summed E-state index contributed by atoms with van der Waals surface area (Å²) >= 11 is 0. The fourth-order valence-corrected chi connectivity index (χ4v) is 2.68. The molecular formula is C24H31N3O4. The molecule has 2 aromatic rings. The molecule has 0 radical (unpaired) electrons. The van der Waals surface area contributed by atoms with E-state index >= 15 is 0 Å². The van der Waals surface area contributed by atoms with Crippen molar-refractivity contribution in [3.63, 3.8) is 0 Å². The Labute approximate surface area is 184 Å². The van der Waals surface area contributed by atoms with Gasteiger partial charge in [0.1, 0.15) is 11.5 Å². The van der Waals surface area contributed by atoms with E-state index in [0.29, 0.717) is 36.0 Å². The van der Waals surface area contributed by atoms with E-state index in [1.807, 2.05) is 50.5 Å². The smallest absolute Gasteiger partial charge is 0.274 e. The Kier molecular flexibility index (Phi) is 10.3. The van der Waals surface area contributed by atoms with Gasteiger partial charge in [0.15, 0.2) is 0 Å². The van der Waals surface area contributed by atoms with Crippen molar-refractivity contribution in [3.05, 3.63) is 72.3 Å². The molecule has 2 rings (SSSR count). The number of hydrogen-bond donors (Lipinski definition) is 1. The van der Waals surface area contributed by atoms with E-state index in [9.17, 15) is 9.59 Å². The van der Waals surface area contributed by atoms with Crippen LogP contribution in [0.2, 0.25) is 0 Å². The largest absolute Gasteiger partial charge is 0.494 e. The van der Waals surface area contributed by atoms with Crippen LogP contribution in [0.3, 0.4) is 0 Å². The third-order valence-electron chi connectivity index (χ3n) is 4.36. The van der Waals surface area contributed by atoms with Crippen LogP contribution >= 0.6 is 0 Å². The fraction of sp³-hybridized carbons (Fsp3) is 0.333. The first-order valence-corrected chi connectivity index (χ1v) is 10.3. The Bertz CT molecular complexity index is 836. The second-order valence-electron chi connectivity index (χ2n) is 7.22. The van der Waals surface area contributed by atoms with Gasteiger partial charge in [-0.05, 0) is 63.3 Å². The molecule has 0 aliphatic heterocycles. The predicted octanol–water partition coefficient (Wildman–Crippen LogP) is 3.28. The van der Waals surface area contributed by atoms with E-state index < -0.39 is 11.8 Å². The topological polar surface area (TPSA) is 85.1 Å². The van der Waals surface area contributed by atoms with Gasteiger partial charge in [-0.3, -0.25) is 9.59 Å². The van der Waals surface area contributed by atoms with Gasteiger partial charge in [0.2, 0.25) is 5.91 Å². The minimum Gasteiger partial charge on any atom is -0.494 e. The molecule has 0 bridgehead atoms. The number of hydrazine groups is 1. The molecule has 0 atom stereocenters. The van der Waals surface area contributed by atoms with Crippen LogP contribution in [-0.4, -0.2) is 55.6 Å². The number of nitrogens with zero attached hydrogens (tertiary/aromatic N) is 2. The summed E-state index contributed by atoms with van der Waals surface area (Å²) in [5.74, 6) is 6.16. The highest BCUT2D eigenvalue weighted by atomic mass is 16.5. The maximum Gasteiger partial charge on any atom is 0.274 e. The number of benzene rings is 2. The van der Waals surface area contributed by atoms with Crippen molar-refractivity contribution in [3.8, 4) is 11.5 Å². The van der Waals surface area contributed by atoms with Crippen LogP contribution in [0, 0.1) is 0 Å². The fourth-order valence-electron chi connectivity index (χ4n) is 2.68. The lowest BCUT2D eigenvalue weighted by atomic mass is 10.2. The third-order valence-corrected chi connectivity index (χ3v) is 4.36. The molecule has 0 aliphatic carbocycles. The highest BCUT2D eigenvalue weighted by Gasteiger charge is 2.18. The van der Waals surface area contributed by atoms with Crippen molar-refractivity contribution in [1.29, 1.82) is 0 Å². The van der Waals surface area contributed by atoms with Crippen LogP contribution in [0.1, 0.15) is 29.6 Å². The van der Waals surface area contributed by atoms with Crippen LogP contribution < -0.4 is 15.3 Å². The number of imide groups is 1. The van der Waals surface area contributed by atoms with Crippen LogP contribution in [0.25, 0.3) is 0 Å². The molecule has 2 amide bonds. The number of amides is 2. The van der Waals surface area contributed by atoms with Gasteiger partial charge in [-0.2, -0.15) is 0 Å². The standard InChI is InChI=1S/C24H31N3O4/c1-26(2)17-9-19-31-22-15-13-20(14-16-22)24(29)27(25)23(28)12-7-4-8-18-30-21-10-5-3-6-11-21/h3-7,10-11,13-16H,8-9,12,17-19,25H2,1-2H3. The van der Waals surface area contributed by atoms with Gasteiger partial charge in [-0.15, -0.1) is 0 Å². The predicted molar refractivity (Wildman–Crippen MR) is 121 cm³/mol. The zero-order valence-corrected chi connectivity index (χ0v) is 18.2. The number of nitrogens with two attached hydrogens (primary N) is 1. The summed E-state index contributed by atoms with van der Waals surface area (Å²) < 4.78 is 11.2. The lowest BCUT2D eigenvalue weighted by Crippen LogP contribution is -2.42. The average Bonchev–Trinajstić information content (AvgIpc) is 2.79. The summed E-state index contributed by atoms with van der Waals surface area (Å²) in [7, 11) is 4.02. The molecule has 0 saturated heterocycles. The summed E-state index contributed by atoms with van der Waals surface area (Å²) in [6.45, 7) is 2.04. The van der Waals surface area contributed by atoms with Gasteiger partial charge >= 0.3 is 0 Å². The molecule has 0 saturated carbocycles. The van der Waals surface area contributed by atoms with Gasteiger partial charge in [0.05, 0.1) is 13.2 Å². The Morgan fingerprint density at radius 3 is 2.23 bits per heavy atom. The highest BCUT2D eigenvalue weighted by Crippen LogP contribution is 2.14. The van der Waals surface area contributed by atoms with Crippen LogP contribution in [0.4, 0.5) is 0 Å². The average molecular weight is 426 g/mol. The minimum absolute atomic E-state index is 0.0423. The second-order valence-corrected chi connectivity index (χ2v) is 7.22. The maximum atomic E-state index is 12.4. The minimum atomic E-state index is -0.551. The van der Waals surface area contributed by atoms with Gasteiger partial charge in [-0.1, -0.05) is 30.4 Å². The number of hydrogen-bond acceptors (Lipinski definition) is 6. The summed E-state index contributed by atoms with van der Waals surface area (Å²) in [5, 5.41) is 0.651. The van der Waals surface area contributed by atoms with Crippen molar-refractivity contribution in [2.45, 2.75) is 19.3 Å². The molecule has 2 N–H and O–H groups in total. The molecule has 31 heavy (non-hydrogen) atoms. The van der Waals surface area contributed by atoms with Crippen LogP contribution in [-0.2, 0) is 4.79 Å². The van der Waals surface area contributed by atoms with Crippen molar-refractivity contribution in [1.82, 2.24) is 9.91 Å². The molecule has 7 nitrogen and oxygen atoms in total. The van der Waals surface area contributed by atoms with Gasteiger partial charge < -0.3 is 14.4 Å². The zero-order chi connectivity index (χ0) is 22.5. The Morgan fingerprint density at radius 2 is 1.55 bits per heavy atom. The van der Waals surface area contributed by atoms with Crippen LogP contribution in [0.5, 0.6) is 11.5 Å². The molecular weight excluding hydrogens is 394 g/mol. The van der Waals surface area contributed by atoms with Crippen molar-refractivity contribution in [2.75, 3.05) is 33.9 Å². The van der Waals surface area contributed by atoms with Crippen LogP contribution in [0.15, 0.2) is 66.7 Å².